The third-order valence-corrected chi connectivity index (χ3v) is 6.36. The van der Waals surface area contributed by atoms with E-state index in [2.05, 4.69) is 6.07 Å². The Hall–Kier alpha value is -3.63. The van der Waals surface area contributed by atoms with Gasteiger partial charge >= 0.3 is 0 Å². The van der Waals surface area contributed by atoms with Crippen molar-refractivity contribution in [2.75, 3.05) is 26.2 Å². The number of piperazine rings is 1. The highest BCUT2D eigenvalue weighted by atomic mass is 16.3. The van der Waals surface area contributed by atoms with Crippen LogP contribution in [0.2, 0.25) is 0 Å². The van der Waals surface area contributed by atoms with Crippen LogP contribution >= 0.6 is 0 Å². The molecule has 1 aliphatic heterocycles. The number of carbonyl (C=O) groups excluding carboxylic acids is 2. The molecule has 7 nitrogen and oxygen atoms in total. The molecular formula is C25H23N3O4. The third kappa shape index (κ3) is 3.63. The van der Waals surface area contributed by atoms with E-state index in [0.717, 1.165) is 27.7 Å². The van der Waals surface area contributed by atoms with E-state index in [9.17, 15) is 14.7 Å². The molecule has 0 atom stereocenters. The number of amides is 2. The normalized spacial score (nSPS) is 17.2. The highest BCUT2D eigenvalue weighted by Gasteiger charge is 2.50. The molecule has 2 aliphatic rings. The molecule has 0 radical (unpaired) electrons. The van der Waals surface area contributed by atoms with Crippen LogP contribution in [0.4, 0.5) is 0 Å². The van der Waals surface area contributed by atoms with Gasteiger partial charge in [0, 0.05) is 42.7 Å². The minimum atomic E-state index is -1.16. The predicted octanol–water partition coefficient (Wildman–Crippen LogP) is 2.98. The zero-order valence-electron chi connectivity index (χ0n) is 17.6. The van der Waals surface area contributed by atoms with E-state index in [-0.39, 0.29) is 11.8 Å². The minimum absolute atomic E-state index is 0.0598. The van der Waals surface area contributed by atoms with E-state index in [4.69, 9.17) is 9.68 Å². The van der Waals surface area contributed by atoms with Crippen LogP contribution in [0.3, 0.4) is 0 Å². The Morgan fingerprint density at radius 2 is 1.66 bits per heavy atom. The van der Waals surface area contributed by atoms with Gasteiger partial charge in [-0.25, -0.2) is 0 Å². The monoisotopic (exact) mass is 429 g/mol. The first-order valence-electron chi connectivity index (χ1n) is 10.8. The van der Waals surface area contributed by atoms with Crippen molar-refractivity contribution in [3.63, 3.8) is 0 Å². The van der Waals surface area contributed by atoms with Crippen LogP contribution in [0.1, 0.15) is 28.8 Å². The summed E-state index contributed by atoms with van der Waals surface area (Å²) in [7, 11) is 0. The summed E-state index contributed by atoms with van der Waals surface area (Å²) in [5.41, 5.74) is 3.02. The van der Waals surface area contributed by atoms with Gasteiger partial charge in [0.1, 0.15) is 11.2 Å². The van der Waals surface area contributed by atoms with E-state index >= 15 is 0 Å². The average Bonchev–Trinajstić information content (AvgIpc) is 3.47. The number of furan rings is 1. The Morgan fingerprint density at radius 3 is 2.31 bits per heavy atom. The lowest BCUT2D eigenvalue weighted by atomic mass is 10.0. The number of rotatable bonds is 4. The molecule has 1 saturated heterocycles. The van der Waals surface area contributed by atoms with E-state index in [1.807, 2.05) is 42.5 Å². The Bertz CT molecular complexity index is 1230. The van der Waals surface area contributed by atoms with Crippen molar-refractivity contribution in [3.8, 4) is 17.2 Å². The smallest absolute Gasteiger partial charge is 0.254 e. The number of nitrogens with zero attached hydrogens (tertiary/aromatic N) is 3. The minimum Gasteiger partial charge on any atom is -0.464 e. The second kappa shape index (κ2) is 7.81. The molecule has 0 bridgehead atoms. The van der Waals surface area contributed by atoms with Crippen LogP contribution in [-0.2, 0) is 11.2 Å². The van der Waals surface area contributed by atoms with Crippen molar-refractivity contribution in [1.29, 1.82) is 5.26 Å². The van der Waals surface area contributed by atoms with Gasteiger partial charge in [-0.1, -0.05) is 18.2 Å². The molecule has 2 aromatic carbocycles. The fraction of sp³-hybridized carbons (Fsp3) is 0.320. The van der Waals surface area contributed by atoms with Crippen molar-refractivity contribution in [3.05, 3.63) is 59.9 Å². The molecule has 1 saturated carbocycles. The highest BCUT2D eigenvalue weighted by molar-refractivity contribution is 5.95. The van der Waals surface area contributed by atoms with Gasteiger partial charge in [0.05, 0.1) is 18.8 Å². The molecule has 162 valence electrons. The molecule has 1 N–H and O–H groups in total. The third-order valence-electron chi connectivity index (χ3n) is 6.36. The topological polar surface area (TPSA) is 97.8 Å². The van der Waals surface area contributed by atoms with Crippen molar-refractivity contribution >= 4 is 22.8 Å². The lowest BCUT2D eigenvalue weighted by Crippen LogP contribution is -2.53. The van der Waals surface area contributed by atoms with E-state index in [1.54, 1.807) is 16.1 Å². The summed E-state index contributed by atoms with van der Waals surface area (Å²) in [5, 5.41) is 19.9. The molecule has 7 heteroatoms. The maximum atomic E-state index is 12.9. The summed E-state index contributed by atoms with van der Waals surface area (Å²) < 4.78 is 5.51. The number of carbonyl (C=O) groups is 2. The van der Waals surface area contributed by atoms with Gasteiger partial charge in [0.2, 0.25) is 0 Å². The summed E-state index contributed by atoms with van der Waals surface area (Å²) in [4.78, 5) is 28.6. The van der Waals surface area contributed by atoms with Gasteiger partial charge in [-0.15, -0.1) is 0 Å². The van der Waals surface area contributed by atoms with Crippen LogP contribution in [0.5, 0.6) is 0 Å². The standard InChI is InChI=1S/C25H23N3O4/c26-10-7-20-16-32-22-6-5-19(15-21(20)22)17-1-3-18(4-2-17)23(29)27-11-13-28(14-12-27)24(30)25(31)8-9-25/h1-6,15-16,31H,7-9,11-14H2. The predicted molar refractivity (Wildman–Crippen MR) is 118 cm³/mol. The fourth-order valence-corrected chi connectivity index (χ4v) is 4.21. The largest absolute Gasteiger partial charge is 0.464 e. The Kier molecular flexibility index (Phi) is 4.95. The van der Waals surface area contributed by atoms with Gasteiger partial charge in [0.25, 0.3) is 11.8 Å². The number of benzene rings is 2. The quantitative estimate of drug-likeness (QED) is 0.688. The highest BCUT2D eigenvalue weighted by Crippen LogP contribution is 2.37. The first kappa shape index (κ1) is 20.3. The molecule has 0 spiro atoms. The first-order chi connectivity index (χ1) is 15.5. The lowest BCUT2D eigenvalue weighted by Gasteiger charge is -2.35. The summed E-state index contributed by atoms with van der Waals surface area (Å²) >= 11 is 0. The Morgan fingerprint density at radius 1 is 1.00 bits per heavy atom. The zero-order chi connectivity index (χ0) is 22.3. The Balaban J connectivity index is 1.27. The molecule has 1 aliphatic carbocycles. The molecule has 1 aromatic heterocycles. The molecule has 0 unspecified atom stereocenters. The second-order valence-electron chi connectivity index (χ2n) is 8.50. The van der Waals surface area contributed by atoms with Crippen LogP contribution < -0.4 is 0 Å². The molecule has 5 rings (SSSR count). The lowest BCUT2D eigenvalue weighted by molar-refractivity contribution is -0.143. The molecular weight excluding hydrogens is 406 g/mol. The van der Waals surface area contributed by atoms with Crippen LogP contribution in [-0.4, -0.2) is 58.5 Å². The zero-order valence-corrected chi connectivity index (χ0v) is 17.6. The summed E-state index contributed by atoms with van der Waals surface area (Å²) in [5.74, 6) is -0.267. The summed E-state index contributed by atoms with van der Waals surface area (Å²) in [6.07, 6.45) is 2.98. The van der Waals surface area contributed by atoms with Crippen LogP contribution in [0.15, 0.2) is 53.1 Å². The van der Waals surface area contributed by atoms with Crippen LogP contribution in [0.25, 0.3) is 22.1 Å². The Labute approximate surface area is 185 Å². The van der Waals surface area contributed by atoms with Crippen molar-refractivity contribution in [2.45, 2.75) is 24.9 Å². The van der Waals surface area contributed by atoms with E-state index in [1.165, 1.54) is 0 Å². The first-order valence-corrected chi connectivity index (χ1v) is 10.8. The van der Waals surface area contributed by atoms with Crippen LogP contribution in [0, 0.1) is 11.3 Å². The number of fused-ring (bicyclic) bond motifs is 1. The van der Waals surface area contributed by atoms with Crippen molar-refractivity contribution in [1.82, 2.24) is 9.80 Å². The molecule has 2 heterocycles. The number of hydrogen-bond acceptors (Lipinski definition) is 5. The SMILES string of the molecule is N#CCc1coc2ccc(-c3ccc(C(=O)N4CCN(C(=O)C5(O)CC5)CC4)cc3)cc12. The number of aliphatic hydroxyl groups is 1. The van der Waals surface area contributed by atoms with Gasteiger partial charge in [0.15, 0.2) is 0 Å². The average molecular weight is 429 g/mol. The summed E-state index contributed by atoms with van der Waals surface area (Å²) in [6, 6.07) is 15.5. The maximum Gasteiger partial charge on any atom is 0.254 e. The number of hydrogen-bond donors (Lipinski definition) is 1. The van der Waals surface area contributed by atoms with Crippen molar-refractivity contribution < 1.29 is 19.1 Å². The number of nitriles is 1. The van der Waals surface area contributed by atoms with Gasteiger partial charge < -0.3 is 19.3 Å². The fourth-order valence-electron chi connectivity index (χ4n) is 4.21. The molecule has 2 amide bonds. The second-order valence-corrected chi connectivity index (χ2v) is 8.50. The summed E-state index contributed by atoms with van der Waals surface area (Å²) in [6.45, 7) is 1.81. The van der Waals surface area contributed by atoms with Gasteiger partial charge in [-0.3, -0.25) is 9.59 Å². The molecule has 2 fully saturated rings. The molecule has 32 heavy (non-hydrogen) atoms. The van der Waals surface area contributed by atoms with E-state index < -0.39 is 5.60 Å². The maximum absolute atomic E-state index is 12.9. The van der Waals surface area contributed by atoms with Gasteiger partial charge in [-0.05, 0) is 48.2 Å². The van der Waals surface area contributed by atoms with E-state index in [0.29, 0.717) is 51.0 Å². The molecule has 3 aromatic rings. The van der Waals surface area contributed by atoms with Gasteiger partial charge in [-0.2, -0.15) is 5.26 Å². The van der Waals surface area contributed by atoms with Crippen molar-refractivity contribution in [2.24, 2.45) is 0 Å².